The molecule has 0 spiro atoms. The van der Waals surface area contributed by atoms with Crippen LogP contribution in [0.5, 0.6) is 0 Å². The minimum absolute atomic E-state index is 0.0175. The van der Waals surface area contributed by atoms with Crippen molar-refractivity contribution >= 4 is 9.84 Å². The summed E-state index contributed by atoms with van der Waals surface area (Å²) in [4.78, 5) is 0. The molecule has 1 atom stereocenters. The molecule has 1 unspecified atom stereocenters. The van der Waals surface area contributed by atoms with Crippen LogP contribution in [0, 0.1) is 12.8 Å². The molecule has 1 N–H and O–H groups in total. The molecule has 0 aromatic carbocycles. The summed E-state index contributed by atoms with van der Waals surface area (Å²) < 4.78 is 24.9. The zero-order chi connectivity index (χ0) is 14.0. The standard InChI is InChI=1S/C13H23N3O2S/c1-10(2)6-14-7-12-8-15-16(11(12)3)13-4-5-19(17,18)9-13/h8,10,13-14H,4-7,9H2,1-3H3. The average molecular weight is 285 g/mol. The summed E-state index contributed by atoms with van der Waals surface area (Å²) in [7, 11) is -2.86. The maximum absolute atomic E-state index is 11.5. The van der Waals surface area contributed by atoms with Gasteiger partial charge in [-0.15, -0.1) is 0 Å². The molecule has 1 aliphatic rings. The Balaban J connectivity index is 2.02. The highest BCUT2D eigenvalue weighted by molar-refractivity contribution is 7.91. The van der Waals surface area contributed by atoms with E-state index >= 15 is 0 Å². The van der Waals surface area contributed by atoms with Crippen LogP contribution in [0.3, 0.4) is 0 Å². The van der Waals surface area contributed by atoms with E-state index in [1.807, 2.05) is 17.8 Å². The van der Waals surface area contributed by atoms with Crippen LogP contribution in [-0.2, 0) is 16.4 Å². The number of nitrogens with zero attached hydrogens (tertiary/aromatic N) is 2. The fourth-order valence-electron chi connectivity index (χ4n) is 2.46. The third kappa shape index (κ3) is 3.57. The summed E-state index contributed by atoms with van der Waals surface area (Å²) in [6, 6.07) is 0.0175. The Kier molecular flexibility index (Phi) is 4.30. The van der Waals surface area contributed by atoms with Crippen LogP contribution < -0.4 is 5.32 Å². The van der Waals surface area contributed by atoms with E-state index in [4.69, 9.17) is 0 Å². The minimum Gasteiger partial charge on any atom is -0.312 e. The van der Waals surface area contributed by atoms with Gasteiger partial charge in [-0.25, -0.2) is 8.42 Å². The highest BCUT2D eigenvalue weighted by atomic mass is 32.2. The fourth-order valence-corrected chi connectivity index (χ4v) is 4.16. The van der Waals surface area contributed by atoms with Crippen LogP contribution in [-0.4, -0.2) is 36.2 Å². The Labute approximate surface area is 115 Å². The molecule has 0 radical (unpaired) electrons. The van der Waals surface area contributed by atoms with E-state index in [9.17, 15) is 8.42 Å². The first kappa shape index (κ1) is 14.5. The molecule has 0 aliphatic carbocycles. The molecule has 1 aromatic heterocycles. The summed E-state index contributed by atoms with van der Waals surface area (Å²) in [6.45, 7) is 8.13. The van der Waals surface area contributed by atoms with E-state index in [2.05, 4.69) is 24.3 Å². The lowest BCUT2D eigenvalue weighted by Crippen LogP contribution is -2.19. The van der Waals surface area contributed by atoms with E-state index in [0.717, 1.165) is 24.3 Å². The van der Waals surface area contributed by atoms with Crippen molar-refractivity contribution in [1.82, 2.24) is 15.1 Å². The summed E-state index contributed by atoms with van der Waals surface area (Å²) in [5.41, 5.74) is 2.24. The maximum atomic E-state index is 11.5. The second-order valence-electron chi connectivity index (χ2n) is 5.78. The molecular weight excluding hydrogens is 262 g/mol. The molecule has 1 aromatic rings. The summed E-state index contributed by atoms with van der Waals surface area (Å²) >= 11 is 0. The van der Waals surface area contributed by atoms with Gasteiger partial charge in [0.05, 0.1) is 23.7 Å². The van der Waals surface area contributed by atoms with E-state index in [0.29, 0.717) is 12.3 Å². The van der Waals surface area contributed by atoms with Crippen molar-refractivity contribution in [2.45, 2.75) is 39.8 Å². The van der Waals surface area contributed by atoms with Gasteiger partial charge < -0.3 is 5.32 Å². The second kappa shape index (κ2) is 5.63. The molecule has 1 saturated heterocycles. The highest BCUT2D eigenvalue weighted by Gasteiger charge is 2.30. The van der Waals surface area contributed by atoms with Crippen LogP contribution >= 0.6 is 0 Å². The molecule has 2 rings (SSSR count). The van der Waals surface area contributed by atoms with Crippen LogP contribution in [0.4, 0.5) is 0 Å². The highest BCUT2D eigenvalue weighted by Crippen LogP contribution is 2.25. The zero-order valence-electron chi connectivity index (χ0n) is 11.9. The molecule has 0 saturated carbocycles. The van der Waals surface area contributed by atoms with Crippen molar-refractivity contribution in [3.05, 3.63) is 17.5 Å². The smallest absolute Gasteiger partial charge is 0.152 e. The quantitative estimate of drug-likeness (QED) is 0.885. The van der Waals surface area contributed by atoms with Gasteiger partial charge in [-0.05, 0) is 25.8 Å². The van der Waals surface area contributed by atoms with Crippen LogP contribution in [0.2, 0.25) is 0 Å². The first-order valence-corrected chi connectivity index (χ1v) is 8.65. The van der Waals surface area contributed by atoms with Crippen LogP contribution in [0.1, 0.15) is 37.6 Å². The van der Waals surface area contributed by atoms with E-state index in [1.165, 1.54) is 0 Å². The molecule has 2 heterocycles. The molecule has 19 heavy (non-hydrogen) atoms. The monoisotopic (exact) mass is 285 g/mol. The topological polar surface area (TPSA) is 64.0 Å². The largest absolute Gasteiger partial charge is 0.312 e. The lowest BCUT2D eigenvalue weighted by Gasteiger charge is -2.12. The third-order valence-electron chi connectivity index (χ3n) is 3.57. The Morgan fingerprint density at radius 1 is 1.53 bits per heavy atom. The molecule has 108 valence electrons. The number of hydrogen-bond donors (Lipinski definition) is 1. The summed E-state index contributed by atoms with van der Waals surface area (Å²) in [6.07, 6.45) is 2.54. The van der Waals surface area contributed by atoms with Gasteiger partial charge in [0, 0.05) is 17.8 Å². The Bertz CT molecular complexity index is 534. The van der Waals surface area contributed by atoms with Crippen molar-refractivity contribution in [2.75, 3.05) is 18.1 Å². The van der Waals surface area contributed by atoms with Crippen LogP contribution in [0.15, 0.2) is 6.20 Å². The average Bonchev–Trinajstić information content (AvgIpc) is 2.83. The molecule has 6 heteroatoms. The van der Waals surface area contributed by atoms with Gasteiger partial charge in [0.2, 0.25) is 0 Å². The molecule has 5 nitrogen and oxygen atoms in total. The first-order valence-electron chi connectivity index (χ1n) is 6.83. The number of aromatic nitrogens is 2. The Morgan fingerprint density at radius 3 is 2.84 bits per heavy atom. The number of sulfone groups is 1. The molecule has 1 aliphatic heterocycles. The van der Waals surface area contributed by atoms with E-state index in [1.54, 1.807) is 0 Å². The number of nitrogens with one attached hydrogen (secondary N) is 1. The number of hydrogen-bond acceptors (Lipinski definition) is 4. The summed E-state index contributed by atoms with van der Waals surface area (Å²) in [5.74, 6) is 1.14. The fraction of sp³-hybridized carbons (Fsp3) is 0.769. The van der Waals surface area contributed by atoms with Crippen molar-refractivity contribution in [3.63, 3.8) is 0 Å². The zero-order valence-corrected chi connectivity index (χ0v) is 12.7. The van der Waals surface area contributed by atoms with Crippen molar-refractivity contribution in [1.29, 1.82) is 0 Å². The lowest BCUT2D eigenvalue weighted by molar-refractivity contribution is 0.486. The molecule has 0 bridgehead atoms. The van der Waals surface area contributed by atoms with Gasteiger partial charge in [0.1, 0.15) is 0 Å². The summed E-state index contributed by atoms with van der Waals surface area (Å²) in [5, 5.41) is 7.76. The van der Waals surface area contributed by atoms with E-state index in [-0.39, 0.29) is 17.5 Å². The lowest BCUT2D eigenvalue weighted by atomic mass is 10.2. The van der Waals surface area contributed by atoms with E-state index < -0.39 is 9.84 Å². The van der Waals surface area contributed by atoms with Crippen molar-refractivity contribution < 1.29 is 8.42 Å². The van der Waals surface area contributed by atoms with Gasteiger partial charge in [-0.1, -0.05) is 13.8 Å². The van der Waals surface area contributed by atoms with Crippen molar-refractivity contribution in [2.24, 2.45) is 5.92 Å². The van der Waals surface area contributed by atoms with Gasteiger partial charge in [-0.3, -0.25) is 4.68 Å². The van der Waals surface area contributed by atoms with Gasteiger partial charge >= 0.3 is 0 Å². The van der Waals surface area contributed by atoms with Gasteiger partial charge in [0.25, 0.3) is 0 Å². The SMILES string of the molecule is Cc1c(CNCC(C)C)cnn1C1CCS(=O)(=O)C1. The predicted octanol–water partition coefficient (Wildman–Crippen LogP) is 1.30. The number of rotatable bonds is 5. The van der Waals surface area contributed by atoms with Crippen LogP contribution in [0.25, 0.3) is 0 Å². The maximum Gasteiger partial charge on any atom is 0.152 e. The first-order chi connectivity index (χ1) is 8.89. The molecule has 1 fully saturated rings. The predicted molar refractivity (Wildman–Crippen MR) is 75.8 cm³/mol. The Hall–Kier alpha value is -0.880. The third-order valence-corrected chi connectivity index (χ3v) is 5.32. The minimum atomic E-state index is -2.86. The van der Waals surface area contributed by atoms with Crippen molar-refractivity contribution in [3.8, 4) is 0 Å². The Morgan fingerprint density at radius 2 is 2.26 bits per heavy atom. The molecule has 0 amide bonds. The van der Waals surface area contributed by atoms with Gasteiger partial charge in [0.15, 0.2) is 9.84 Å². The molecular formula is C13H23N3O2S. The van der Waals surface area contributed by atoms with Gasteiger partial charge in [-0.2, -0.15) is 5.10 Å². The normalized spacial score (nSPS) is 22.2. The second-order valence-corrected chi connectivity index (χ2v) is 8.01.